The molecule has 0 saturated carbocycles. The predicted octanol–water partition coefficient (Wildman–Crippen LogP) is 3.65. The van der Waals surface area contributed by atoms with Crippen molar-refractivity contribution >= 4 is 22.8 Å². The van der Waals surface area contributed by atoms with Crippen LogP contribution in [0, 0.1) is 12.7 Å². The minimum absolute atomic E-state index is 0.107. The summed E-state index contributed by atoms with van der Waals surface area (Å²) in [5, 5.41) is 0. The van der Waals surface area contributed by atoms with Crippen LogP contribution < -0.4 is 0 Å². The Morgan fingerprint density at radius 3 is 2.86 bits per heavy atom. The zero-order chi connectivity index (χ0) is 15.4. The predicted molar refractivity (Wildman–Crippen MR) is 83.4 cm³/mol. The molecule has 0 atom stereocenters. The van der Waals surface area contributed by atoms with Crippen molar-refractivity contribution in [1.29, 1.82) is 0 Å². The molecule has 2 rings (SSSR count). The molecule has 21 heavy (non-hydrogen) atoms. The molecule has 0 aliphatic rings. The molecule has 1 amide bonds. The van der Waals surface area contributed by atoms with Gasteiger partial charge in [0.15, 0.2) is 0 Å². The summed E-state index contributed by atoms with van der Waals surface area (Å²) >= 11 is 1.54. The second-order valence-corrected chi connectivity index (χ2v) is 5.83. The van der Waals surface area contributed by atoms with Crippen LogP contribution in [0.3, 0.4) is 0 Å². The first-order valence-corrected chi connectivity index (χ1v) is 7.43. The standard InChI is InChI=1S/C16H17FN2OS/c1-11(13-5-4-6-14(17)8-13)7-16(20)19(3)9-15-12(2)18-10-21-15/h4-8,10H,9H2,1-3H3/b11-7+. The number of thiazole rings is 1. The molecule has 0 aliphatic carbocycles. The third-order valence-corrected chi connectivity index (χ3v) is 4.14. The van der Waals surface area contributed by atoms with Crippen LogP contribution in [-0.4, -0.2) is 22.8 Å². The average Bonchev–Trinajstić information content (AvgIpc) is 2.84. The van der Waals surface area contributed by atoms with E-state index in [1.54, 1.807) is 36.5 Å². The first kappa shape index (κ1) is 15.4. The largest absolute Gasteiger partial charge is 0.337 e. The van der Waals surface area contributed by atoms with Crippen molar-refractivity contribution in [2.45, 2.75) is 20.4 Å². The summed E-state index contributed by atoms with van der Waals surface area (Å²) in [5.41, 5.74) is 4.18. The van der Waals surface area contributed by atoms with Crippen molar-refractivity contribution in [3.63, 3.8) is 0 Å². The number of amides is 1. The highest BCUT2D eigenvalue weighted by Crippen LogP contribution is 2.17. The molecule has 0 bridgehead atoms. The van der Waals surface area contributed by atoms with Gasteiger partial charge in [0.05, 0.1) is 17.7 Å². The molecule has 1 aromatic heterocycles. The van der Waals surface area contributed by atoms with Crippen LogP contribution >= 0.6 is 11.3 Å². The van der Waals surface area contributed by atoms with E-state index in [9.17, 15) is 9.18 Å². The van der Waals surface area contributed by atoms with Gasteiger partial charge in [0.25, 0.3) is 0 Å². The highest BCUT2D eigenvalue weighted by Gasteiger charge is 2.10. The molecular formula is C16H17FN2OS. The number of halogens is 1. The minimum Gasteiger partial charge on any atom is -0.337 e. The van der Waals surface area contributed by atoms with Crippen LogP contribution in [0.4, 0.5) is 4.39 Å². The zero-order valence-corrected chi connectivity index (χ0v) is 13.1. The fourth-order valence-electron chi connectivity index (χ4n) is 1.88. The summed E-state index contributed by atoms with van der Waals surface area (Å²) in [6.45, 7) is 4.26. The van der Waals surface area contributed by atoms with Crippen LogP contribution in [0.5, 0.6) is 0 Å². The van der Waals surface area contributed by atoms with Crippen molar-refractivity contribution in [2.24, 2.45) is 0 Å². The van der Waals surface area contributed by atoms with Gasteiger partial charge in [-0.15, -0.1) is 11.3 Å². The molecule has 0 spiro atoms. The smallest absolute Gasteiger partial charge is 0.246 e. The lowest BCUT2D eigenvalue weighted by atomic mass is 10.1. The summed E-state index contributed by atoms with van der Waals surface area (Å²) in [7, 11) is 1.75. The average molecular weight is 304 g/mol. The van der Waals surface area contributed by atoms with Crippen LogP contribution in [0.25, 0.3) is 5.57 Å². The van der Waals surface area contributed by atoms with E-state index in [0.29, 0.717) is 12.1 Å². The van der Waals surface area contributed by atoms with Gasteiger partial charge in [-0.3, -0.25) is 4.79 Å². The number of allylic oxidation sites excluding steroid dienone is 1. The minimum atomic E-state index is -0.304. The second-order valence-electron chi connectivity index (χ2n) is 4.89. The van der Waals surface area contributed by atoms with E-state index in [-0.39, 0.29) is 11.7 Å². The number of rotatable bonds is 4. The number of hydrogen-bond acceptors (Lipinski definition) is 3. The number of aryl methyl sites for hydroxylation is 1. The summed E-state index contributed by atoms with van der Waals surface area (Å²) < 4.78 is 13.2. The highest BCUT2D eigenvalue weighted by molar-refractivity contribution is 7.09. The van der Waals surface area contributed by atoms with Crippen molar-refractivity contribution in [3.8, 4) is 0 Å². The van der Waals surface area contributed by atoms with E-state index in [2.05, 4.69) is 4.98 Å². The molecule has 110 valence electrons. The first-order valence-electron chi connectivity index (χ1n) is 6.55. The van der Waals surface area contributed by atoms with Gasteiger partial charge >= 0.3 is 0 Å². The maximum absolute atomic E-state index is 13.2. The quantitative estimate of drug-likeness (QED) is 0.808. The molecule has 0 radical (unpaired) electrons. The van der Waals surface area contributed by atoms with Gasteiger partial charge < -0.3 is 4.90 Å². The van der Waals surface area contributed by atoms with E-state index in [1.807, 2.05) is 6.92 Å². The Hall–Kier alpha value is -2.01. The third-order valence-electron chi connectivity index (χ3n) is 3.22. The monoisotopic (exact) mass is 304 g/mol. The molecule has 3 nitrogen and oxygen atoms in total. The normalized spacial score (nSPS) is 11.5. The van der Waals surface area contributed by atoms with Crippen LogP contribution in [0.15, 0.2) is 35.9 Å². The Balaban J connectivity index is 2.09. The van der Waals surface area contributed by atoms with Crippen molar-refractivity contribution in [2.75, 3.05) is 7.05 Å². The lowest BCUT2D eigenvalue weighted by molar-refractivity contribution is -0.125. The fourth-order valence-corrected chi connectivity index (χ4v) is 2.71. The lowest BCUT2D eigenvalue weighted by Gasteiger charge is -2.15. The molecule has 2 aromatic rings. The maximum Gasteiger partial charge on any atom is 0.246 e. The van der Waals surface area contributed by atoms with Crippen molar-refractivity contribution in [1.82, 2.24) is 9.88 Å². The van der Waals surface area contributed by atoms with Crippen LogP contribution in [0.2, 0.25) is 0 Å². The van der Waals surface area contributed by atoms with Crippen LogP contribution in [-0.2, 0) is 11.3 Å². The SMILES string of the molecule is C/C(=C\C(=O)N(C)Cc1scnc1C)c1cccc(F)c1. The molecule has 0 N–H and O–H groups in total. The number of aromatic nitrogens is 1. The van der Waals surface area contributed by atoms with Gasteiger partial charge in [-0.05, 0) is 37.1 Å². The summed E-state index contributed by atoms with van der Waals surface area (Å²) in [6, 6.07) is 6.23. The number of carbonyl (C=O) groups is 1. The van der Waals surface area contributed by atoms with Crippen molar-refractivity contribution in [3.05, 3.63) is 57.8 Å². The number of hydrogen-bond donors (Lipinski definition) is 0. The number of likely N-dealkylation sites (N-methyl/N-ethyl adjacent to an activating group) is 1. The van der Waals surface area contributed by atoms with Gasteiger partial charge in [0, 0.05) is 18.0 Å². The Morgan fingerprint density at radius 2 is 2.24 bits per heavy atom. The van der Waals surface area contributed by atoms with Gasteiger partial charge in [-0.1, -0.05) is 12.1 Å². The number of carbonyl (C=O) groups excluding carboxylic acids is 1. The van der Waals surface area contributed by atoms with Gasteiger partial charge in [-0.2, -0.15) is 0 Å². The number of nitrogens with zero attached hydrogens (tertiary/aromatic N) is 2. The summed E-state index contributed by atoms with van der Waals surface area (Å²) in [5.74, 6) is -0.411. The van der Waals surface area contributed by atoms with Crippen molar-refractivity contribution < 1.29 is 9.18 Å². The molecular weight excluding hydrogens is 287 g/mol. The lowest BCUT2D eigenvalue weighted by Crippen LogP contribution is -2.24. The highest BCUT2D eigenvalue weighted by atomic mass is 32.1. The molecule has 0 saturated heterocycles. The maximum atomic E-state index is 13.2. The second kappa shape index (κ2) is 6.63. The first-order chi connectivity index (χ1) is 9.97. The topological polar surface area (TPSA) is 33.2 Å². The Kier molecular flexibility index (Phi) is 4.85. The molecule has 1 aromatic carbocycles. The third kappa shape index (κ3) is 3.98. The molecule has 5 heteroatoms. The molecule has 0 unspecified atom stereocenters. The van der Waals surface area contributed by atoms with E-state index in [1.165, 1.54) is 29.5 Å². The molecule has 1 heterocycles. The van der Waals surface area contributed by atoms with Gasteiger partial charge in [0.2, 0.25) is 5.91 Å². The number of benzene rings is 1. The Bertz CT molecular complexity index is 678. The summed E-state index contributed by atoms with van der Waals surface area (Å²) in [6.07, 6.45) is 1.53. The fraction of sp³-hybridized carbons (Fsp3) is 0.250. The van der Waals surface area contributed by atoms with Gasteiger partial charge in [-0.25, -0.2) is 9.37 Å². The van der Waals surface area contributed by atoms with Crippen LogP contribution in [0.1, 0.15) is 23.1 Å². The van der Waals surface area contributed by atoms with E-state index in [0.717, 1.165) is 16.1 Å². The zero-order valence-electron chi connectivity index (χ0n) is 12.3. The Morgan fingerprint density at radius 1 is 1.48 bits per heavy atom. The Labute approximate surface area is 127 Å². The summed E-state index contributed by atoms with van der Waals surface area (Å²) in [4.78, 5) is 19.1. The van der Waals surface area contributed by atoms with E-state index in [4.69, 9.17) is 0 Å². The molecule has 0 fully saturated rings. The van der Waals surface area contributed by atoms with Gasteiger partial charge in [0.1, 0.15) is 5.82 Å². The van der Waals surface area contributed by atoms with E-state index >= 15 is 0 Å². The molecule has 0 aliphatic heterocycles. The van der Waals surface area contributed by atoms with E-state index < -0.39 is 0 Å².